The summed E-state index contributed by atoms with van der Waals surface area (Å²) in [5.74, 6) is 1.84. The average Bonchev–Trinajstić information content (AvgIpc) is 3.10. The van der Waals surface area contributed by atoms with Crippen LogP contribution in [0.1, 0.15) is 17.5 Å². The zero-order chi connectivity index (χ0) is 18.4. The Labute approximate surface area is 155 Å². The van der Waals surface area contributed by atoms with Crippen LogP contribution in [0.25, 0.3) is 5.57 Å². The Morgan fingerprint density at radius 3 is 2.92 bits per heavy atom. The van der Waals surface area contributed by atoms with Gasteiger partial charge in [-0.3, -0.25) is 9.67 Å². The van der Waals surface area contributed by atoms with Crippen molar-refractivity contribution in [2.75, 3.05) is 33.8 Å². The number of nitrogens with one attached hydrogen (secondary N) is 1. The van der Waals surface area contributed by atoms with Gasteiger partial charge in [-0.15, -0.1) is 0 Å². The fraction of sp³-hybridized carbons (Fsp3) is 0.400. The van der Waals surface area contributed by atoms with Gasteiger partial charge >= 0.3 is 0 Å². The lowest BCUT2D eigenvalue weighted by Gasteiger charge is -2.30. The molecule has 2 heterocycles. The number of nitrogens with zero attached hydrogens (tertiary/aromatic N) is 4. The second-order valence-corrected chi connectivity index (χ2v) is 6.41. The third-order valence-corrected chi connectivity index (χ3v) is 4.55. The van der Waals surface area contributed by atoms with Crippen molar-refractivity contribution in [2.45, 2.75) is 19.9 Å². The molecule has 138 valence electrons. The smallest absolute Gasteiger partial charge is 0.194 e. The van der Waals surface area contributed by atoms with Crippen molar-refractivity contribution in [2.24, 2.45) is 4.99 Å². The summed E-state index contributed by atoms with van der Waals surface area (Å²) in [6.07, 6.45) is 7.20. The first-order valence-corrected chi connectivity index (χ1v) is 8.97. The molecular weight excluding hydrogens is 326 g/mol. The van der Waals surface area contributed by atoms with Crippen molar-refractivity contribution in [3.05, 3.63) is 53.9 Å². The number of methoxy groups -OCH3 is 1. The van der Waals surface area contributed by atoms with Gasteiger partial charge in [-0.25, -0.2) is 0 Å². The molecule has 0 spiro atoms. The molecule has 0 amide bonds. The molecule has 6 heteroatoms. The summed E-state index contributed by atoms with van der Waals surface area (Å²) in [6.45, 7) is 5.48. The number of benzene rings is 1. The van der Waals surface area contributed by atoms with E-state index in [0.29, 0.717) is 0 Å². The van der Waals surface area contributed by atoms with Crippen LogP contribution >= 0.6 is 0 Å². The number of aliphatic imine (C=N–C) groups is 1. The van der Waals surface area contributed by atoms with Gasteiger partial charge in [0.15, 0.2) is 5.96 Å². The monoisotopic (exact) mass is 353 g/mol. The quantitative estimate of drug-likeness (QED) is 0.663. The third-order valence-electron chi connectivity index (χ3n) is 4.55. The highest BCUT2D eigenvalue weighted by Gasteiger charge is 2.16. The lowest BCUT2D eigenvalue weighted by Crippen LogP contribution is -2.44. The van der Waals surface area contributed by atoms with Crippen molar-refractivity contribution in [1.82, 2.24) is 20.0 Å². The Morgan fingerprint density at radius 1 is 1.38 bits per heavy atom. The molecule has 0 radical (unpaired) electrons. The maximum absolute atomic E-state index is 5.33. The second kappa shape index (κ2) is 8.56. The van der Waals surface area contributed by atoms with Crippen LogP contribution in [-0.2, 0) is 6.54 Å². The van der Waals surface area contributed by atoms with Crippen LogP contribution in [0, 0.1) is 6.92 Å². The van der Waals surface area contributed by atoms with E-state index in [1.807, 2.05) is 30.1 Å². The first kappa shape index (κ1) is 18.0. The van der Waals surface area contributed by atoms with Gasteiger partial charge < -0.3 is 15.0 Å². The highest BCUT2D eigenvalue weighted by molar-refractivity contribution is 5.81. The first-order valence-electron chi connectivity index (χ1n) is 8.97. The minimum Gasteiger partial charge on any atom is -0.497 e. The van der Waals surface area contributed by atoms with Crippen LogP contribution < -0.4 is 10.1 Å². The highest BCUT2D eigenvalue weighted by atomic mass is 16.5. The largest absolute Gasteiger partial charge is 0.497 e. The minimum atomic E-state index is 0.802. The molecular formula is C20H27N5O. The molecule has 1 aromatic carbocycles. The maximum Gasteiger partial charge on any atom is 0.194 e. The summed E-state index contributed by atoms with van der Waals surface area (Å²) >= 11 is 0. The predicted molar refractivity (Wildman–Crippen MR) is 105 cm³/mol. The van der Waals surface area contributed by atoms with Gasteiger partial charge in [0.2, 0.25) is 0 Å². The van der Waals surface area contributed by atoms with Gasteiger partial charge in [0.05, 0.1) is 19.9 Å². The van der Waals surface area contributed by atoms with E-state index in [4.69, 9.17) is 4.74 Å². The number of rotatable bonds is 5. The maximum atomic E-state index is 5.33. The van der Waals surface area contributed by atoms with E-state index in [2.05, 4.69) is 51.6 Å². The molecule has 0 saturated heterocycles. The van der Waals surface area contributed by atoms with Gasteiger partial charge in [-0.05, 0) is 42.2 Å². The van der Waals surface area contributed by atoms with E-state index in [1.54, 1.807) is 7.11 Å². The number of ether oxygens (including phenoxy) is 1. The number of aryl methyl sites for hydroxylation is 1. The Balaban J connectivity index is 1.55. The van der Waals surface area contributed by atoms with E-state index in [-0.39, 0.29) is 0 Å². The second-order valence-electron chi connectivity index (χ2n) is 6.41. The molecule has 0 saturated carbocycles. The molecule has 2 aromatic rings. The van der Waals surface area contributed by atoms with Crippen molar-refractivity contribution < 1.29 is 4.74 Å². The average molecular weight is 353 g/mol. The van der Waals surface area contributed by atoms with Crippen LogP contribution in [0.2, 0.25) is 0 Å². The molecule has 3 rings (SSSR count). The lowest BCUT2D eigenvalue weighted by atomic mass is 9.99. The van der Waals surface area contributed by atoms with Crippen molar-refractivity contribution >= 4 is 11.5 Å². The summed E-state index contributed by atoms with van der Waals surface area (Å²) < 4.78 is 7.28. The van der Waals surface area contributed by atoms with Gasteiger partial charge in [0.1, 0.15) is 5.75 Å². The number of aromatic nitrogens is 2. The molecule has 1 aromatic heterocycles. The molecule has 0 aliphatic carbocycles. The lowest BCUT2D eigenvalue weighted by molar-refractivity contribution is 0.414. The molecule has 26 heavy (non-hydrogen) atoms. The van der Waals surface area contributed by atoms with E-state index in [0.717, 1.165) is 44.3 Å². The Morgan fingerprint density at radius 2 is 2.27 bits per heavy atom. The summed E-state index contributed by atoms with van der Waals surface area (Å²) in [5, 5.41) is 7.75. The predicted octanol–water partition coefficient (Wildman–Crippen LogP) is 2.56. The normalized spacial score (nSPS) is 15.0. The van der Waals surface area contributed by atoms with E-state index in [9.17, 15) is 0 Å². The Kier molecular flexibility index (Phi) is 5.94. The fourth-order valence-corrected chi connectivity index (χ4v) is 3.15. The van der Waals surface area contributed by atoms with Gasteiger partial charge in [-0.2, -0.15) is 5.10 Å². The van der Waals surface area contributed by atoms with E-state index >= 15 is 0 Å². The molecule has 1 aliphatic rings. The van der Waals surface area contributed by atoms with Gasteiger partial charge in [0, 0.05) is 32.9 Å². The molecule has 1 N–H and O–H groups in total. The highest BCUT2D eigenvalue weighted by Crippen LogP contribution is 2.25. The summed E-state index contributed by atoms with van der Waals surface area (Å²) in [6, 6.07) is 8.26. The first-order chi connectivity index (χ1) is 12.7. The third kappa shape index (κ3) is 4.45. The summed E-state index contributed by atoms with van der Waals surface area (Å²) in [5.41, 5.74) is 3.78. The number of hydrogen-bond acceptors (Lipinski definition) is 3. The SMILES string of the molecule is CN=C(NCCn1cc(C)cn1)N1CC=C(c2cccc(OC)c2)CC1. The zero-order valence-corrected chi connectivity index (χ0v) is 15.8. The Hall–Kier alpha value is -2.76. The fourth-order valence-electron chi connectivity index (χ4n) is 3.15. The topological polar surface area (TPSA) is 54.7 Å². The van der Waals surface area contributed by atoms with Crippen LogP contribution in [0.4, 0.5) is 0 Å². The van der Waals surface area contributed by atoms with E-state index < -0.39 is 0 Å². The standard InChI is InChI=1S/C20H27N5O/c1-16-14-23-25(15-16)12-9-22-20(21-2)24-10-7-17(8-11-24)18-5-4-6-19(13-18)26-3/h4-7,13-15H,8-12H2,1-3H3,(H,21,22). The molecule has 0 unspecified atom stereocenters. The van der Waals surface area contributed by atoms with Crippen molar-refractivity contribution in [3.63, 3.8) is 0 Å². The molecule has 0 fully saturated rings. The summed E-state index contributed by atoms with van der Waals surface area (Å²) in [4.78, 5) is 6.70. The zero-order valence-electron chi connectivity index (χ0n) is 15.8. The molecule has 6 nitrogen and oxygen atoms in total. The van der Waals surface area contributed by atoms with Crippen LogP contribution in [0.3, 0.4) is 0 Å². The van der Waals surface area contributed by atoms with Crippen LogP contribution in [0.5, 0.6) is 5.75 Å². The van der Waals surface area contributed by atoms with Crippen molar-refractivity contribution in [3.8, 4) is 5.75 Å². The van der Waals surface area contributed by atoms with Gasteiger partial charge in [0.25, 0.3) is 0 Å². The molecule has 0 atom stereocenters. The van der Waals surface area contributed by atoms with Crippen molar-refractivity contribution in [1.29, 1.82) is 0 Å². The van der Waals surface area contributed by atoms with Crippen LogP contribution in [-0.4, -0.2) is 54.4 Å². The van der Waals surface area contributed by atoms with Gasteiger partial charge in [-0.1, -0.05) is 18.2 Å². The number of hydrogen-bond donors (Lipinski definition) is 1. The van der Waals surface area contributed by atoms with E-state index in [1.165, 1.54) is 16.7 Å². The summed E-state index contributed by atoms with van der Waals surface area (Å²) in [7, 11) is 3.54. The van der Waals surface area contributed by atoms with Crippen LogP contribution in [0.15, 0.2) is 47.7 Å². The minimum absolute atomic E-state index is 0.802. The Bertz CT molecular complexity index is 793. The number of guanidine groups is 1. The molecule has 0 bridgehead atoms. The molecule has 1 aliphatic heterocycles.